The summed E-state index contributed by atoms with van der Waals surface area (Å²) in [4.78, 5) is 11.0. The van der Waals surface area contributed by atoms with Crippen molar-refractivity contribution in [1.82, 2.24) is 4.72 Å². The van der Waals surface area contributed by atoms with E-state index in [1.54, 1.807) is 6.92 Å². The molecule has 0 aliphatic carbocycles. The lowest BCUT2D eigenvalue weighted by atomic mass is 10.1. The van der Waals surface area contributed by atoms with Gasteiger partial charge in [-0.25, -0.2) is 17.9 Å². The van der Waals surface area contributed by atoms with Gasteiger partial charge in [0.15, 0.2) is 0 Å². The van der Waals surface area contributed by atoms with Crippen molar-refractivity contribution >= 4 is 27.3 Å². The SMILES string of the molecule is Cc1cc(S(=O)(=O)NC(C)CCC(C)C)sc1C(=O)O. The molecular formula is C13H21NO4S2. The first-order valence-electron chi connectivity index (χ1n) is 6.49. The van der Waals surface area contributed by atoms with Crippen LogP contribution in [0.25, 0.3) is 0 Å². The fraction of sp³-hybridized carbons (Fsp3) is 0.615. The van der Waals surface area contributed by atoms with E-state index in [9.17, 15) is 13.2 Å². The average molecular weight is 319 g/mol. The second kappa shape index (κ2) is 6.69. The van der Waals surface area contributed by atoms with E-state index in [-0.39, 0.29) is 15.1 Å². The standard InChI is InChI=1S/C13H21NO4S2/c1-8(2)5-6-10(4)14-20(17,18)11-7-9(3)12(19-11)13(15)16/h7-8,10,14H,5-6H2,1-4H3,(H,15,16). The second-order valence-electron chi connectivity index (χ2n) is 5.38. The highest BCUT2D eigenvalue weighted by Crippen LogP contribution is 2.26. The van der Waals surface area contributed by atoms with Crippen LogP contribution < -0.4 is 4.72 Å². The number of thiophene rings is 1. The van der Waals surface area contributed by atoms with Crippen LogP contribution in [-0.4, -0.2) is 25.5 Å². The Morgan fingerprint density at radius 3 is 2.40 bits per heavy atom. The van der Waals surface area contributed by atoms with Gasteiger partial charge in [0.2, 0.25) is 10.0 Å². The van der Waals surface area contributed by atoms with E-state index in [4.69, 9.17) is 5.11 Å². The zero-order valence-electron chi connectivity index (χ0n) is 12.1. The number of aromatic carboxylic acids is 1. The molecule has 0 radical (unpaired) electrons. The molecule has 114 valence electrons. The van der Waals surface area contributed by atoms with Crippen LogP contribution >= 0.6 is 11.3 Å². The molecule has 1 atom stereocenters. The van der Waals surface area contributed by atoms with Gasteiger partial charge in [-0.2, -0.15) is 0 Å². The normalized spacial score (nSPS) is 13.7. The molecule has 1 rings (SSSR count). The highest BCUT2D eigenvalue weighted by Gasteiger charge is 2.23. The molecule has 0 amide bonds. The van der Waals surface area contributed by atoms with Crippen LogP contribution in [0.3, 0.4) is 0 Å². The molecule has 20 heavy (non-hydrogen) atoms. The lowest BCUT2D eigenvalue weighted by Crippen LogP contribution is -2.32. The van der Waals surface area contributed by atoms with Crippen molar-refractivity contribution in [3.63, 3.8) is 0 Å². The lowest BCUT2D eigenvalue weighted by molar-refractivity contribution is 0.0701. The predicted molar refractivity (Wildman–Crippen MR) is 79.9 cm³/mol. The van der Waals surface area contributed by atoms with Crippen LogP contribution in [0.4, 0.5) is 0 Å². The molecule has 7 heteroatoms. The third-order valence-corrected chi connectivity index (χ3v) is 6.18. The summed E-state index contributed by atoms with van der Waals surface area (Å²) in [6, 6.07) is 1.24. The minimum absolute atomic E-state index is 0.0591. The molecular weight excluding hydrogens is 298 g/mol. The maximum Gasteiger partial charge on any atom is 0.346 e. The number of carbonyl (C=O) groups is 1. The van der Waals surface area contributed by atoms with Crippen molar-refractivity contribution in [2.24, 2.45) is 5.92 Å². The first-order valence-corrected chi connectivity index (χ1v) is 8.79. The molecule has 1 heterocycles. The number of hydrogen-bond donors (Lipinski definition) is 2. The Morgan fingerprint density at radius 1 is 1.35 bits per heavy atom. The van der Waals surface area contributed by atoms with Gasteiger partial charge >= 0.3 is 5.97 Å². The topological polar surface area (TPSA) is 83.5 Å². The summed E-state index contributed by atoms with van der Waals surface area (Å²) in [7, 11) is -3.64. The number of carboxylic acid groups (broad SMARTS) is 1. The van der Waals surface area contributed by atoms with Gasteiger partial charge in [0.05, 0.1) is 0 Å². The van der Waals surface area contributed by atoms with Crippen molar-refractivity contribution in [2.45, 2.75) is 50.8 Å². The van der Waals surface area contributed by atoms with Crippen LogP contribution in [-0.2, 0) is 10.0 Å². The summed E-state index contributed by atoms with van der Waals surface area (Å²) < 4.78 is 27.0. The second-order valence-corrected chi connectivity index (χ2v) is 8.37. The Kier molecular flexibility index (Phi) is 5.73. The van der Waals surface area contributed by atoms with Gasteiger partial charge in [-0.15, -0.1) is 11.3 Å². The molecule has 1 aromatic rings. The summed E-state index contributed by atoms with van der Waals surface area (Å²) in [5.74, 6) is -0.577. The fourth-order valence-electron chi connectivity index (χ4n) is 1.76. The maximum atomic E-state index is 12.2. The van der Waals surface area contributed by atoms with E-state index in [1.165, 1.54) is 6.07 Å². The number of aryl methyl sites for hydroxylation is 1. The van der Waals surface area contributed by atoms with Crippen LogP contribution in [0.15, 0.2) is 10.3 Å². The van der Waals surface area contributed by atoms with Crippen LogP contribution in [0.2, 0.25) is 0 Å². The smallest absolute Gasteiger partial charge is 0.346 e. The van der Waals surface area contributed by atoms with Crippen LogP contribution in [0.5, 0.6) is 0 Å². The Bertz CT molecular complexity index is 575. The summed E-state index contributed by atoms with van der Waals surface area (Å²) in [5.41, 5.74) is 0.470. The largest absolute Gasteiger partial charge is 0.477 e. The average Bonchev–Trinajstić information content (AvgIpc) is 2.69. The van der Waals surface area contributed by atoms with Crippen molar-refractivity contribution in [3.05, 3.63) is 16.5 Å². The molecule has 5 nitrogen and oxygen atoms in total. The molecule has 0 aromatic carbocycles. The van der Waals surface area contributed by atoms with Gasteiger partial charge in [-0.1, -0.05) is 13.8 Å². The van der Waals surface area contributed by atoms with Gasteiger partial charge in [-0.3, -0.25) is 0 Å². The summed E-state index contributed by atoms with van der Waals surface area (Å²) >= 11 is 0.791. The third-order valence-electron chi connectivity index (χ3n) is 2.89. The molecule has 0 spiro atoms. The minimum Gasteiger partial charge on any atom is -0.477 e. The molecule has 1 aromatic heterocycles. The zero-order chi connectivity index (χ0) is 15.5. The zero-order valence-corrected chi connectivity index (χ0v) is 13.8. The quantitative estimate of drug-likeness (QED) is 0.809. The highest BCUT2D eigenvalue weighted by atomic mass is 32.2. The minimum atomic E-state index is -3.64. The van der Waals surface area contributed by atoms with E-state index >= 15 is 0 Å². The molecule has 0 bridgehead atoms. The fourth-order valence-corrected chi connectivity index (χ4v) is 4.44. The molecule has 1 unspecified atom stereocenters. The Hall–Kier alpha value is -0.920. The lowest BCUT2D eigenvalue weighted by Gasteiger charge is -2.14. The van der Waals surface area contributed by atoms with Crippen molar-refractivity contribution in [1.29, 1.82) is 0 Å². The number of hydrogen-bond acceptors (Lipinski definition) is 4. The number of rotatable bonds is 7. The van der Waals surface area contributed by atoms with Crippen molar-refractivity contribution < 1.29 is 18.3 Å². The van der Waals surface area contributed by atoms with E-state index in [0.717, 1.165) is 24.2 Å². The summed E-state index contributed by atoms with van der Waals surface area (Å²) in [5, 5.41) is 8.97. The molecule has 0 saturated carbocycles. The van der Waals surface area contributed by atoms with Gasteiger partial charge < -0.3 is 5.11 Å². The van der Waals surface area contributed by atoms with E-state index in [2.05, 4.69) is 18.6 Å². The third kappa shape index (κ3) is 4.57. The molecule has 0 aliphatic heterocycles. The van der Waals surface area contributed by atoms with Gasteiger partial charge in [0.1, 0.15) is 9.09 Å². The van der Waals surface area contributed by atoms with E-state index in [0.29, 0.717) is 11.5 Å². The van der Waals surface area contributed by atoms with Gasteiger partial charge in [0.25, 0.3) is 0 Å². The Morgan fingerprint density at radius 2 is 1.95 bits per heavy atom. The molecule has 0 fully saturated rings. The highest BCUT2D eigenvalue weighted by molar-refractivity contribution is 7.91. The first kappa shape index (κ1) is 17.1. The summed E-state index contributed by atoms with van der Waals surface area (Å²) in [6.07, 6.45) is 1.70. The molecule has 2 N–H and O–H groups in total. The van der Waals surface area contributed by atoms with Gasteiger partial charge in [-0.05, 0) is 44.2 Å². The number of sulfonamides is 1. The Labute approximate surface area is 124 Å². The number of carboxylic acids is 1. The maximum absolute atomic E-state index is 12.2. The predicted octanol–water partition coefficient (Wildman–Crippen LogP) is 2.86. The van der Waals surface area contributed by atoms with Crippen molar-refractivity contribution in [3.8, 4) is 0 Å². The summed E-state index contributed by atoms with van der Waals surface area (Å²) in [6.45, 7) is 7.59. The van der Waals surface area contributed by atoms with Crippen LogP contribution in [0.1, 0.15) is 48.8 Å². The monoisotopic (exact) mass is 319 g/mol. The van der Waals surface area contributed by atoms with E-state index in [1.807, 2.05) is 6.92 Å². The molecule has 0 saturated heterocycles. The van der Waals surface area contributed by atoms with E-state index < -0.39 is 16.0 Å². The van der Waals surface area contributed by atoms with Crippen LogP contribution in [0, 0.1) is 12.8 Å². The van der Waals surface area contributed by atoms with Gasteiger partial charge in [0, 0.05) is 6.04 Å². The Balaban J connectivity index is 2.83. The molecule has 0 aliphatic rings. The first-order chi connectivity index (χ1) is 9.13. The number of nitrogens with one attached hydrogen (secondary N) is 1. The van der Waals surface area contributed by atoms with Crippen molar-refractivity contribution in [2.75, 3.05) is 0 Å².